The lowest BCUT2D eigenvalue weighted by Gasteiger charge is -2.19. The largest absolute Gasteiger partial charge is 0.478 e. The van der Waals surface area contributed by atoms with E-state index in [0.29, 0.717) is 11.0 Å². The van der Waals surface area contributed by atoms with Gasteiger partial charge in [-0.1, -0.05) is 20.8 Å². The fourth-order valence-electron chi connectivity index (χ4n) is 1.36. The van der Waals surface area contributed by atoms with Crippen LogP contribution in [0.5, 0.6) is 0 Å². The highest BCUT2D eigenvalue weighted by Crippen LogP contribution is 2.25. The Balaban J connectivity index is 2.64. The van der Waals surface area contributed by atoms with Crippen LogP contribution in [-0.2, 0) is 0 Å². The molecule has 2 N–H and O–H groups in total. The first-order valence-corrected chi connectivity index (χ1v) is 6.35. The number of halogens is 1. The second kappa shape index (κ2) is 5.54. The molecule has 0 aliphatic carbocycles. The summed E-state index contributed by atoms with van der Waals surface area (Å²) in [6, 6.07) is 5.00. The number of nitrogens with one attached hydrogen (secondary N) is 1. The summed E-state index contributed by atoms with van der Waals surface area (Å²) in [5.41, 5.74) is 1.51. The minimum Gasteiger partial charge on any atom is -0.478 e. The monoisotopic (exact) mass is 299 g/mol. The second-order valence-corrected chi connectivity index (χ2v) is 6.09. The van der Waals surface area contributed by atoms with Crippen LogP contribution in [-0.4, -0.2) is 17.6 Å². The van der Waals surface area contributed by atoms with Crippen LogP contribution in [0.2, 0.25) is 0 Å². The third kappa shape index (κ3) is 4.77. The predicted molar refractivity (Wildman–Crippen MR) is 73.7 cm³/mol. The van der Waals surface area contributed by atoms with E-state index in [1.165, 1.54) is 0 Å². The Bertz CT molecular complexity index is 410. The summed E-state index contributed by atoms with van der Waals surface area (Å²) in [7, 11) is 0. The van der Waals surface area contributed by atoms with Gasteiger partial charge in [0, 0.05) is 16.7 Å². The maximum Gasteiger partial charge on any atom is 0.335 e. The number of carbonyl (C=O) groups is 1. The zero-order chi connectivity index (χ0) is 13.1. The van der Waals surface area contributed by atoms with Crippen LogP contribution >= 0.6 is 15.9 Å². The van der Waals surface area contributed by atoms with E-state index < -0.39 is 5.97 Å². The van der Waals surface area contributed by atoms with Gasteiger partial charge in [-0.2, -0.15) is 0 Å². The SMILES string of the molecule is CC(C)(C)CCNc1ccc(C(=O)O)cc1Br. The van der Waals surface area contributed by atoms with Crippen molar-refractivity contribution >= 4 is 27.6 Å². The van der Waals surface area contributed by atoms with E-state index in [9.17, 15) is 4.79 Å². The molecule has 0 aliphatic rings. The van der Waals surface area contributed by atoms with E-state index in [1.807, 2.05) is 0 Å². The minimum absolute atomic E-state index is 0.290. The molecule has 0 saturated heterocycles. The summed E-state index contributed by atoms with van der Waals surface area (Å²) in [6.07, 6.45) is 1.06. The summed E-state index contributed by atoms with van der Waals surface area (Å²) in [5.74, 6) is -0.910. The van der Waals surface area contributed by atoms with Crippen LogP contribution < -0.4 is 5.32 Å². The smallest absolute Gasteiger partial charge is 0.335 e. The van der Waals surface area contributed by atoms with Gasteiger partial charge in [-0.15, -0.1) is 0 Å². The van der Waals surface area contributed by atoms with Crippen LogP contribution in [0.4, 0.5) is 5.69 Å². The lowest BCUT2D eigenvalue weighted by atomic mass is 9.92. The van der Waals surface area contributed by atoms with Gasteiger partial charge in [-0.3, -0.25) is 0 Å². The zero-order valence-corrected chi connectivity index (χ0v) is 12.0. The molecule has 3 nitrogen and oxygen atoms in total. The molecule has 0 aliphatic heterocycles. The maximum atomic E-state index is 10.8. The van der Waals surface area contributed by atoms with E-state index in [4.69, 9.17) is 5.11 Å². The van der Waals surface area contributed by atoms with Crippen LogP contribution in [0.25, 0.3) is 0 Å². The Labute approximate surface area is 110 Å². The molecule has 1 aromatic carbocycles. The topological polar surface area (TPSA) is 49.3 Å². The molecule has 94 valence electrons. The first kappa shape index (κ1) is 14.0. The number of carboxylic acids is 1. The fraction of sp³-hybridized carbons (Fsp3) is 0.462. The van der Waals surface area contributed by atoms with Crippen molar-refractivity contribution in [1.82, 2.24) is 0 Å². The number of benzene rings is 1. The number of carboxylic acid groups (broad SMARTS) is 1. The Morgan fingerprint density at radius 3 is 2.53 bits per heavy atom. The molecule has 0 bridgehead atoms. The van der Waals surface area contributed by atoms with Crippen molar-refractivity contribution in [2.45, 2.75) is 27.2 Å². The highest BCUT2D eigenvalue weighted by molar-refractivity contribution is 9.10. The molecule has 0 saturated carbocycles. The highest BCUT2D eigenvalue weighted by Gasteiger charge is 2.10. The zero-order valence-electron chi connectivity index (χ0n) is 10.4. The van der Waals surface area contributed by atoms with Gasteiger partial charge >= 0.3 is 5.97 Å². The molecule has 0 aromatic heterocycles. The van der Waals surface area contributed by atoms with Crippen molar-refractivity contribution in [1.29, 1.82) is 0 Å². The third-order valence-electron chi connectivity index (χ3n) is 2.41. The molecule has 1 rings (SSSR count). The van der Waals surface area contributed by atoms with Gasteiger partial charge in [0.15, 0.2) is 0 Å². The van der Waals surface area contributed by atoms with Crippen LogP contribution in [0, 0.1) is 5.41 Å². The average molecular weight is 300 g/mol. The molecular formula is C13H18BrNO2. The first-order valence-electron chi connectivity index (χ1n) is 5.56. The number of anilines is 1. The summed E-state index contributed by atoms with van der Waals surface area (Å²) >= 11 is 3.37. The second-order valence-electron chi connectivity index (χ2n) is 5.24. The van der Waals surface area contributed by atoms with Gasteiger partial charge in [-0.05, 0) is 46.0 Å². The number of rotatable bonds is 4. The molecule has 0 atom stereocenters. The van der Waals surface area contributed by atoms with Crippen molar-refractivity contribution in [3.05, 3.63) is 28.2 Å². The van der Waals surface area contributed by atoms with Crippen molar-refractivity contribution in [2.24, 2.45) is 5.41 Å². The van der Waals surface area contributed by atoms with E-state index in [2.05, 4.69) is 42.0 Å². The molecule has 0 spiro atoms. The molecule has 1 aromatic rings. The molecular weight excluding hydrogens is 282 g/mol. The van der Waals surface area contributed by atoms with Crippen molar-refractivity contribution in [3.63, 3.8) is 0 Å². The van der Waals surface area contributed by atoms with Crippen LogP contribution in [0.1, 0.15) is 37.6 Å². The summed E-state index contributed by atoms with van der Waals surface area (Å²) in [6.45, 7) is 7.44. The summed E-state index contributed by atoms with van der Waals surface area (Å²) < 4.78 is 0.784. The standard InChI is InChI=1S/C13H18BrNO2/c1-13(2,3)6-7-15-11-5-4-9(12(16)17)8-10(11)14/h4-5,8,15H,6-7H2,1-3H3,(H,16,17). The normalized spacial score (nSPS) is 11.3. The van der Waals surface area contributed by atoms with Crippen molar-refractivity contribution in [2.75, 3.05) is 11.9 Å². The molecule has 17 heavy (non-hydrogen) atoms. The van der Waals surface area contributed by atoms with Gasteiger partial charge in [0.1, 0.15) is 0 Å². The molecule has 0 heterocycles. The predicted octanol–water partition coefficient (Wildman–Crippen LogP) is 4.00. The van der Waals surface area contributed by atoms with E-state index in [1.54, 1.807) is 18.2 Å². The average Bonchev–Trinajstić information content (AvgIpc) is 2.18. The van der Waals surface area contributed by atoms with Crippen LogP contribution in [0.15, 0.2) is 22.7 Å². The Morgan fingerprint density at radius 1 is 1.41 bits per heavy atom. The number of hydrogen-bond donors (Lipinski definition) is 2. The lowest BCUT2D eigenvalue weighted by Crippen LogP contribution is -2.13. The fourth-order valence-corrected chi connectivity index (χ4v) is 1.88. The highest BCUT2D eigenvalue weighted by atomic mass is 79.9. The maximum absolute atomic E-state index is 10.8. The van der Waals surface area contributed by atoms with Crippen LogP contribution in [0.3, 0.4) is 0 Å². The Hall–Kier alpha value is -1.03. The van der Waals surface area contributed by atoms with Crippen molar-refractivity contribution in [3.8, 4) is 0 Å². The molecule has 0 fully saturated rings. The Kier molecular flexibility index (Phi) is 4.57. The molecule has 0 unspecified atom stereocenters. The van der Waals surface area contributed by atoms with E-state index in [-0.39, 0.29) is 0 Å². The lowest BCUT2D eigenvalue weighted by molar-refractivity contribution is 0.0697. The quantitative estimate of drug-likeness (QED) is 0.883. The molecule has 4 heteroatoms. The van der Waals surface area contributed by atoms with E-state index >= 15 is 0 Å². The molecule has 0 amide bonds. The van der Waals surface area contributed by atoms with Gasteiger partial charge in [0.05, 0.1) is 5.56 Å². The van der Waals surface area contributed by atoms with Gasteiger partial charge in [0.25, 0.3) is 0 Å². The number of hydrogen-bond acceptors (Lipinski definition) is 2. The molecule has 0 radical (unpaired) electrons. The van der Waals surface area contributed by atoms with Gasteiger partial charge in [-0.25, -0.2) is 4.79 Å². The summed E-state index contributed by atoms with van der Waals surface area (Å²) in [5, 5.41) is 12.1. The number of aromatic carboxylic acids is 1. The van der Waals surface area contributed by atoms with E-state index in [0.717, 1.165) is 23.1 Å². The Morgan fingerprint density at radius 2 is 2.06 bits per heavy atom. The van der Waals surface area contributed by atoms with Crippen molar-refractivity contribution < 1.29 is 9.90 Å². The summed E-state index contributed by atoms with van der Waals surface area (Å²) in [4.78, 5) is 10.8. The first-order chi connectivity index (χ1) is 7.79. The third-order valence-corrected chi connectivity index (χ3v) is 3.06. The van der Waals surface area contributed by atoms with Gasteiger partial charge < -0.3 is 10.4 Å². The van der Waals surface area contributed by atoms with Gasteiger partial charge in [0.2, 0.25) is 0 Å². The minimum atomic E-state index is -0.910.